The van der Waals surface area contributed by atoms with E-state index >= 15 is 0 Å². The Morgan fingerprint density at radius 3 is 3.00 bits per heavy atom. The maximum atomic E-state index is 11.2. The number of nitrogens with zero attached hydrogens (tertiary/aromatic N) is 1. The maximum absolute atomic E-state index is 11.2. The van der Waals surface area contributed by atoms with Crippen LogP contribution in [0, 0.1) is 3.57 Å². The molecule has 2 N–H and O–H groups in total. The van der Waals surface area contributed by atoms with Crippen molar-refractivity contribution in [3.8, 4) is 0 Å². The van der Waals surface area contributed by atoms with E-state index in [0.717, 1.165) is 0 Å². The Labute approximate surface area is 89.3 Å². The van der Waals surface area contributed by atoms with Crippen LogP contribution in [-0.4, -0.2) is 16.0 Å². The number of halogens is 1. The second kappa shape index (κ2) is 3.65. The number of H-pyrrole nitrogens is 1. The van der Waals surface area contributed by atoms with Crippen molar-refractivity contribution < 1.29 is 0 Å². The number of nitrogens with one attached hydrogen (secondary N) is 2. The maximum Gasteiger partial charge on any atom is 0.266 e. The second-order valence-corrected chi connectivity index (χ2v) is 4.25. The van der Waals surface area contributed by atoms with Gasteiger partial charge in [-0.05, 0) is 41.9 Å². The number of rotatable bonds is 2. The molecule has 70 valence electrons. The zero-order valence-corrected chi connectivity index (χ0v) is 9.17. The molecule has 1 heterocycles. The van der Waals surface area contributed by atoms with Crippen LogP contribution in [0.25, 0.3) is 0 Å². The van der Waals surface area contributed by atoms with Crippen molar-refractivity contribution in [3.63, 3.8) is 0 Å². The van der Waals surface area contributed by atoms with E-state index in [1.807, 2.05) is 22.6 Å². The summed E-state index contributed by atoms with van der Waals surface area (Å²) in [5.74, 6) is 0.717. The molecule has 1 saturated carbocycles. The van der Waals surface area contributed by atoms with Gasteiger partial charge in [0.1, 0.15) is 9.39 Å². The van der Waals surface area contributed by atoms with E-state index in [2.05, 4.69) is 15.3 Å². The average molecular weight is 291 g/mol. The SMILES string of the molecule is O=c1[nH]cnc(NC2CCC2)c1I. The van der Waals surface area contributed by atoms with E-state index < -0.39 is 0 Å². The lowest BCUT2D eigenvalue weighted by molar-refractivity contribution is 0.444. The zero-order valence-electron chi connectivity index (χ0n) is 7.01. The summed E-state index contributed by atoms with van der Waals surface area (Å²) in [4.78, 5) is 17.8. The van der Waals surface area contributed by atoms with Crippen LogP contribution in [0.15, 0.2) is 11.1 Å². The monoisotopic (exact) mass is 291 g/mol. The van der Waals surface area contributed by atoms with E-state index in [-0.39, 0.29) is 5.56 Å². The minimum atomic E-state index is -0.0718. The molecule has 1 fully saturated rings. The quantitative estimate of drug-likeness (QED) is 0.808. The predicted octanol–water partition coefficient (Wildman–Crippen LogP) is 1.34. The van der Waals surface area contributed by atoms with Crippen LogP contribution in [0.2, 0.25) is 0 Å². The van der Waals surface area contributed by atoms with Crippen LogP contribution < -0.4 is 10.9 Å². The molecule has 1 aromatic rings. The molecule has 0 bridgehead atoms. The number of hydrogen-bond acceptors (Lipinski definition) is 3. The zero-order chi connectivity index (χ0) is 9.26. The van der Waals surface area contributed by atoms with Gasteiger partial charge < -0.3 is 10.3 Å². The van der Waals surface area contributed by atoms with E-state index in [4.69, 9.17) is 0 Å². The van der Waals surface area contributed by atoms with Crippen molar-refractivity contribution in [2.45, 2.75) is 25.3 Å². The summed E-state index contributed by atoms with van der Waals surface area (Å²) in [6, 6.07) is 0.516. The van der Waals surface area contributed by atoms with Crippen molar-refractivity contribution in [1.29, 1.82) is 0 Å². The molecule has 2 rings (SSSR count). The highest BCUT2D eigenvalue weighted by molar-refractivity contribution is 14.1. The van der Waals surface area contributed by atoms with Gasteiger partial charge in [-0.2, -0.15) is 0 Å². The van der Waals surface area contributed by atoms with Gasteiger partial charge in [-0.3, -0.25) is 4.79 Å². The van der Waals surface area contributed by atoms with Crippen molar-refractivity contribution >= 4 is 28.4 Å². The highest BCUT2D eigenvalue weighted by Gasteiger charge is 2.18. The van der Waals surface area contributed by atoms with Crippen molar-refractivity contribution in [3.05, 3.63) is 20.3 Å². The Bertz CT molecular complexity index is 359. The Balaban J connectivity index is 2.19. The fourth-order valence-corrected chi connectivity index (χ4v) is 1.68. The Kier molecular flexibility index (Phi) is 2.52. The van der Waals surface area contributed by atoms with Crippen LogP contribution in [0.3, 0.4) is 0 Å². The van der Waals surface area contributed by atoms with Crippen LogP contribution >= 0.6 is 22.6 Å². The minimum Gasteiger partial charge on any atom is -0.366 e. The third kappa shape index (κ3) is 1.84. The standard InChI is InChI=1S/C8H10IN3O/c9-6-7(10-4-11-8(6)13)12-5-2-1-3-5/h4-5H,1-3H2,(H2,10,11,12,13). The lowest BCUT2D eigenvalue weighted by Crippen LogP contribution is -2.29. The highest BCUT2D eigenvalue weighted by atomic mass is 127. The molecule has 1 aliphatic carbocycles. The minimum absolute atomic E-state index is 0.0718. The molecule has 0 radical (unpaired) electrons. The van der Waals surface area contributed by atoms with Crippen LogP contribution in [0.1, 0.15) is 19.3 Å². The first-order valence-corrected chi connectivity index (χ1v) is 5.35. The van der Waals surface area contributed by atoms with E-state index in [1.165, 1.54) is 25.6 Å². The summed E-state index contributed by atoms with van der Waals surface area (Å²) in [5, 5.41) is 3.25. The van der Waals surface area contributed by atoms with Gasteiger partial charge in [0.15, 0.2) is 0 Å². The molecule has 0 atom stereocenters. The first-order chi connectivity index (χ1) is 6.27. The van der Waals surface area contributed by atoms with Gasteiger partial charge >= 0.3 is 0 Å². The molecule has 0 saturated heterocycles. The smallest absolute Gasteiger partial charge is 0.266 e. The van der Waals surface area contributed by atoms with Crippen LogP contribution in [0.4, 0.5) is 5.82 Å². The number of aromatic nitrogens is 2. The summed E-state index contributed by atoms with van der Waals surface area (Å²) in [5.41, 5.74) is -0.0718. The highest BCUT2D eigenvalue weighted by Crippen LogP contribution is 2.23. The third-order valence-corrected chi connectivity index (χ3v) is 3.24. The fraction of sp³-hybridized carbons (Fsp3) is 0.500. The number of hydrogen-bond donors (Lipinski definition) is 2. The molecule has 0 amide bonds. The Morgan fingerprint density at radius 1 is 1.62 bits per heavy atom. The molecule has 1 aromatic heterocycles. The van der Waals surface area contributed by atoms with Gasteiger partial charge in [0, 0.05) is 6.04 Å². The Hall–Kier alpha value is -0.590. The average Bonchev–Trinajstić information content (AvgIpc) is 2.04. The normalized spacial score (nSPS) is 16.7. The third-order valence-electron chi connectivity index (χ3n) is 2.24. The van der Waals surface area contributed by atoms with Crippen molar-refractivity contribution in [2.24, 2.45) is 0 Å². The second-order valence-electron chi connectivity index (χ2n) is 3.17. The lowest BCUT2D eigenvalue weighted by atomic mass is 9.93. The summed E-state index contributed by atoms with van der Waals surface area (Å²) < 4.78 is 0.645. The van der Waals surface area contributed by atoms with E-state index in [1.54, 1.807) is 0 Å². The fourth-order valence-electron chi connectivity index (χ4n) is 1.23. The molecule has 5 heteroatoms. The van der Waals surface area contributed by atoms with E-state index in [9.17, 15) is 4.79 Å². The van der Waals surface area contributed by atoms with Crippen LogP contribution in [0.5, 0.6) is 0 Å². The molecule has 4 nitrogen and oxygen atoms in total. The first kappa shape index (κ1) is 8.98. The molecule has 1 aliphatic rings. The van der Waals surface area contributed by atoms with Crippen molar-refractivity contribution in [2.75, 3.05) is 5.32 Å². The van der Waals surface area contributed by atoms with Crippen molar-refractivity contribution in [1.82, 2.24) is 9.97 Å². The van der Waals surface area contributed by atoms with Gasteiger partial charge in [0.05, 0.1) is 6.33 Å². The van der Waals surface area contributed by atoms with Gasteiger partial charge in [0.25, 0.3) is 5.56 Å². The van der Waals surface area contributed by atoms with Gasteiger partial charge in [-0.1, -0.05) is 0 Å². The number of anilines is 1. The van der Waals surface area contributed by atoms with Gasteiger partial charge in [0.2, 0.25) is 0 Å². The topological polar surface area (TPSA) is 57.8 Å². The largest absolute Gasteiger partial charge is 0.366 e. The Morgan fingerprint density at radius 2 is 2.38 bits per heavy atom. The van der Waals surface area contributed by atoms with Crippen LogP contribution in [-0.2, 0) is 0 Å². The first-order valence-electron chi connectivity index (χ1n) is 4.27. The molecule has 0 unspecified atom stereocenters. The van der Waals surface area contributed by atoms with Gasteiger partial charge in [-0.15, -0.1) is 0 Å². The summed E-state index contributed by atoms with van der Waals surface area (Å²) in [6.45, 7) is 0. The van der Waals surface area contributed by atoms with Gasteiger partial charge in [-0.25, -0.2) is 4.98 Å². The predicted molar refractivity (Wildman–Crippen MR) is 58.8 cm³/mol. The molecule has 0 aliphatic heterocycles. The number of aromatic amines is 1. The molecule has 0 spiro atoms. The summed E-state index contributed by atoms with van der Waals surface area (Å²) >= 11 is 2.01. The van der Waals surface area contributed by atoms with E-state index in [0.29, 0.717) is 15.4 Å². The molecular formula is C8H10IN3O. The summed E-state index contributed by atoms with van der Waals surface area (Å²) in [7, 11) is 0. The molecule has 13 heavy (non-hydrogen) atoms. The lowest BCUT2D eigenvalue weighted by Gasteiger charge is -2.26. The molecular weight excluding hydrogens is 281 g/mol. The summed E-state index contributed by atoms with van der Waals surface area (Å²) in [6.07, 6.45) is 5.08. The molecule has 0 aromatic carbocycles.